The molecule has 3 aromatic rings. The predicted octanol–water partition coefficient (Wildman–Crippen LogP) is 4.76. The molecule has 31 heavy (non-hydrogen) atoms. The molecule has 2 heterocycles. The summed E-state index contributed by atoms with van der Waals surface area (Å²) >= 11 is 0. The molecule has 2 amide bonds. The Kier molecular flexibility index (Phi) is 5.26. The third kappa shape index (κ3) is 4.09. The van der Waals surface area contributed by atoms with Crippen molar-refractivity contribution in [3.05, 3.63) is 71.8 Å². The number of carbonyl (C=O) groups excluding carboxylic acids is 2. The highest BCUT2D eigenvalue weighted by Crippen LogP contribution is 2.36. The van der Waals surface area contributed by atoms with Crippen LogP contribution in [0.25, 0.3) is 22.4 Å². The van der Waals surface area contributed by atoms with E-state index in [0.717, 1.165) is 53.5 Å². The molecular weight excluding hydrogens is 386 g/mol. The molecule has 0 unspecified atom stereocenters. The summed E-state index contributed by atoms with van der Waals surface area (Å²) in [4.78, 5) is 27.4. The topological polar surface area (TPSA) is 61.4 Å². The quantitative estimate of drug-likeness (QED) is 0.609. The number of piperidine rings is 1. The predicted molar refractivity (Wildman–Crippen MR) is 126 cm³/mol. The second-order valence-corrected chi connectivity index (χ2v) is 8.23. The first-order chi connectivity index (χ1) is 15.2. The van der Waals surface area contributed by atoms with Crippen LogP contribution < -0.4 is 10.6 Å². The summed E-state index contributed by atoms with van der Waals surface area (Å²) in [6.07, 6.45) is 5.49. The summed E-state index contributed by atoms with van der Waals surface area (Å²) in [6.45, 7) is 2.37. The van der Waals surface area contributed by atoms with Crippen molar-refractivity contribution in [2.45, 2.75) is 19.3 Å². The third-order valence-corrected chi connectivity index (χ3v) is 6.03. The lowest BCUT2D eigenvalue weighted by Gasteiger charge is -2.25. The highest BCUT2D eigenvalue weighted by Gasteiger charge is 2.25. The summed E-state index contributed by atoms with van der Waals surface area (Å²) in [5, 5.41) is 8.17. The van der Waals surface area contributed by atoms with Crippen LogP contribution in [-0.2, 0) is 9.59 Å². The minimum atomic E-state index is -0.125. The van der Waals surface area contributed by atoms with Crippen molar-refractivity contribution in [3.8, 4) is 0 Å². The average Bonchev–Trinajstić information content (AvgIpc) is 3.09. The summed E-state index contributed by atoms with van der Waals surface area (Å²) in [5.74, 6) is -0.140. The maximum Gasteiger partial charge on any atom is 0.256 e. The van der Waals surface area contributed by atoms with Crippen LogP contribution in [0.15, 0.2) is 60.7 Å². The Bertz CT molecular complexity index is 1190. The lowest BCUT2D eigenvalue weighted by Crippen LogP contribution is -2.36. The number of likely N-dealkylation sites (tertiary alicyclic amines) is 1. The van der Waals surface area contributed by atoms with Gasteiger partial charge in [0.25, 0.3) is 5.91 Å². The Hall–Kier alpha value is -3.44. The number of carbonyl (C=O) groups is 2. The SMILES string of the molecule is O=C(CN1CCCCC1)Nc1ccc2c(c1)/C(=C\c1cccc3ccccc13)C(=O)N2. The summed E-state index contributed by atoms with van der Waals surface area (Å²) < 4.78 is 0. The summed E-state index contributed by atoms with van der Waals surface area (Å²) in [7, 11) is 0. The number of fused-ring (bicyclic) bond motifs is 2. The Balaban J connectivity index is 1.42. The fourth-order valence-corrected chi connectivity index (χ4v) is 4.46. The molecule has 3 aromatic carbocycles. The first-order valence-electron chi connectivity index (χ1n) is 10.8. The number of nitrogens with zero attached hydrogens (tertiary/aromatic N) is 1. The second-order valence-electron chi connectivity index (χ2n) is 8.23. The van der Waals surface area contributed by atoms with Crippen LogP contribution in [0.1, 0.15) is 30.4 Å². The molecule has 2 aliphatic heterocycles. The first-order valence-corrected chi connectivity index (χ1v) is 10.8. The van der Waals surface area contributed by atoms with E-state index in [1.165, 1.54) is 6.42 Å². The highest BCUT2D eigenvalue weighted by atomic mass is 16.2. The molecule has 156 valence electrons. The average molecular weight is 412 g/mol. The fourth-order valence-electron chi connectivity index (χ4n) is 4.46. The molecule has 0 aliphatic carbocycles. The summed E-state index contributed by atoms with van der Waals surface area (Å²) in [6, 6.07) is 19.8. The van der Waals surface area contributed by atoms with Crippen LogP contribution in [0.5, 0.6) is 0 Å². The third-order valence-electron chi connectivity index (χ3n) is 6.03. The van der Waals surface area contributed by atoms with Gasteiger partial charge in [-0.3, -0.25) is 14.5 Å². The molecule has 5 heteroatoms. The van der Waals surface area contributed by atoms with E-state index in [-0.39, 0.29) is 11.8 Å². The van der Waals surface area contributed by atoms with E-state index in [0.29, 0.717) is 17.8 Å². The van der Waals surface area contributed by atoms with Crippen LogP contribution in [0, 0.1) is 0 Å². The zero-order chi connectivity index (χ0) is 21.2. The molecule has 5 nitrogen and oxygen atoms in total. The van der Waals surface area contributed by atoms with Crippen molar-refractivity contribution in [2.24, 2.45) is 0 Å². The minimum Gasteiger partial charge on any atom is -0.325 e. The van der Waals surface area contributed by atoms with Crippen LogP contribution in [0.4, 0.5) is 11.4 Å². The zero-order valence-electron chi connectivity index (χ0n) is 17.4. The van der Waals surface area contributed by atoms with Gasteiger partial charge in [-0.05, 0) is 66.5 Å². The van der Waals surface area contributed by atoms with E-state index in [1.807, 2.05) is 48.5 Å². The molecule has 0 spiro atoms. The van der Waals surface area contributed by atoms with Gasteiger partial charge in [0.15, 0.2) is 0 Å². The molecule has 0 atom stereocenters. The van der Waals surface area contributed by atoms with Crippen LogP contribution in [-0.4, -0.2) is 36.3 Å². The normalized spacial score (nSPS) is 17.5. The monoisotopic (exact) mass is 411 g/mol. The van der Waals surface area contributed by atoms with E-state index >= 15 is 0 Å². The number of amides is 2. The Morgan fingerprint density at radius 1 is 1.00 bits per heavy atom. The molecule has 5 rings (SSSR count). The second kappa shape index (κ2) is 8.36. The van der Waals surface area contributed by atoms with Crippen molar-refractivity contribution in [3.63, 3.8) is 0 Å². The Morgan fingerprint density at radius 2 is 1.81 bits per heavy atom. The molecule has 1 fully saturated rings. The largest absolute Gasteiger partial charge is 0.325 e. The van der Waals surface area contributed by atoms with Gasteiger partial charge in [0.05, 0.1) is 6.54 Å². The molecule has 0 saturated carbocycles. The number of anilines is 2. The number of benzene rings is 3. The lowest BCUT2D eigenvalue weighted by molar-refractivity contribution is -0.117. The van der Waals surface area contributed by atoms with Gasteiger partial charge < -0.3 is 10.6 Å². The van der Waals surface area contributed by atoms with E-state index in [1.54, 1.807) is 0 Å². The molecule has 2 aliphatic rings. The van der Waals surface area contributed by atoms with Crippen molar-refractivity contribution >= 4 is 45.6 Å². The molecule has 2 N–H and O–H groups in total. The van der Waals surface area contributed by atoms with Gasteiger partial charge >= 0.3 is 0 Å². The van der Waals surface area contributed by atoms with Gasteiger partial charge in [-0.2, -0.15) is 0 Å². The zero-order valence-corrected chi connectivity index (χ0v) is 17.4. The fraction of sp³-hybridized carbons (Fsp3) is 0.231. The van der Waals surface area contributed by atoms with Crippen molar-refractivity contribution in [1.82, 2.24) is 4.90 Å². The Labute approximate surface area is 181 Å². The van der Waals surface area contributed by atoms with Crippen LogP contribution >= 0.6 is 0 Å². The maximum atomic E-state index is 12.7. The molecular formula is C26H25N3O2. The van der Waals surface area contributed by atoms with E-state index in [4.69, 9.17) is 0 Å². The van der Waals surface area contributed by atoms with Gasteiger partial charge in [0, 0.05) is 22.5 Å². The van der Waals surface area contributed by atoms with Gasteiger partial charge in [-0.15, -0.1) is 0 Å². The number of rotatable bonds is 4. The molecule has 0 radical (unpaired) electrons. The van der Waals surface area contributed by atoms with E-state index in [2.05, 4.69) is 33.7 Å². The van der Waals surface area contributed by atoms with Crippen molar-refractivity contribution in [1.29, 1.82) is 0 Å². The lowest BCUT2D eigenvalue weighted by atomic mass is 9.99. The van der Waals surface area contributed by atoms with E-state index in [9.17, 15) is 9.59 Å². The van der Waals surface area contributed by atoms with Crippen molar-refractivity contribution in [2.75, 3.05) is 30.3 Å². The smallest absolute Gasteiger partial charge is 0.256 e. The highest BCUT2D eigenvalue weighted by molar-refractivity contribution is 6.35. The van der Waals surface area contributed by atoms with Gasteiger partial charge in [0.1, 0.15) is 0 Å². The van der Waals surface area contributed by atoms with Gasteiger partial charge in [-0.25, -0.2) is 0 Å². The van der Waals surface area contributed by atoms with Crippen molar-refractivity contribution < 1.29 is 9.59 Å². The molecule has 0 bridgehead atoms. The first kappa shape index (κ1) is 19.5. The molecule has 1 saturated heterocycles. The van der Waals surface area contributed by atoms with Gasteiger partial charge in [-0.1, -0.05) is 48.9 Å². The van der Waals surface area contributed by atoms with Gasteiger partial charge in [0.2, 0.25) is 5.91 Å². The number of hydrogen-bond donors (Lipinski definition) is 2. The minimum absolute atomic E-state index is 0.0151. The van der Waals surface area contributed by atoms with Crippen LogP contribution in [0.2, 0.25) is 0 Å². The number of hydrogen-bond acceptors (Lipinski definition) is 3. The number of nitrogens with one attached hydrogen (secondary N) is 2. The Morgan fingerprint density at radius 3 is 2.68 bits per heavy atom. The van der Waals surface area contributed by atoms with Crippen LogP contribution in [0.3, 0.4) is 0 Å². The standard InChI is InChI=1S/C26H25N3O2/c30-25(17-29-13-4-1-5-14-29)27-20-11-12-24-22(16-20)23(26(31)28-24)15-19-9-6-8-18-7-2-3-10-21(18)19/h2-3,6-12,15-16H,1,4-5,13-14,17H2,(H,27,30)(H,28,31)/b23-15+. The molecule has 0 aromatic heterocycles. The maximum absolute atomic E-state index is 12.7. The summed E-state index contributed by atoms with van der Waals surface area (Å²) in [5.41, 5.74) is 3.90. The van der Waals surface area contributed by atoms with E-state index < -0.39 is 0 Å².